The molecule has 2 aromatic carbocycles. The van der Waals surface area contributed by atoms with Gasteiger partial charge >= 0.3 is 11.6 Å². The second-order valence-corrected chi connectivity index (χ2v) is 7.10. The summed E-state index contributed by atoms with van der Waals surface area (Å²) in [5, 5.41) is 0. The fourth-order valence-corrected chi connectivity index (χ4v) is 3.29. The third-order valence-corrected chi connectivity index (χ3v) is 4.94. The van der Waals surface area contributed by atoms with Gasteiger partial charge in [0.2, 0.25) is 5.91 Å². The van der Waals surface area contributed by atoms with Gasteiger partial charge in [-0.3, -0.25) is 29.6 Å². The largest absolute Gasteiger partial charge is 0.486 e. The fourth-order valence-electron chi connectivity index (χ4n) is 3.29. The number of nitrogens with one attached hydrogen (secondary N) is 2. The minimum absolute atomic E-state index is 0.0164. The molecule has 32 heavy (non-hydrogen) atoms. The molecular weight excluding hydrogens is 412 g/mol. The van der Waals surface area contributed by atoms with Crippen molar-refractivity contribution in [3.63, 3.8) is 0 Å². The number of para-hydroxylation sites is 3. The van der Waals surface area contributed by atoms with Crippen molar-refractivity contribution < 1.29 is 18.7 Å². The highest BCUT2D eigenvalue weighted by molar-refractivity contribution is 5.93. The van der Waals surface area contributed by atoms with Gasteiger partial charge < -0.3 is 9.15 Å². The molecule has 4 rings (SSSR count). The Hall–Kier alpha value is -4.27. The molecule has 2 N–H and O–H groups in total. The SMILES string of the molecule is Cn1c(=O)n(CCC(=O)NNC(=O)c2ccc(COc3ccccc3)o2)c2ccccc21. The van der Waals surface area contributed by atoms with Crippen LogP contribution in [0.5, 0.6) is 5.75 Å². The van der Waals surface area contributed by atoms with Gasteiger partial charge in [0.15, 0.2) is 5.76 Å². The van der Waals surface area contributed by atoms with Crippen LogP contribution in [0.4, 0.5) is 0 Å². The summed E-state index contributed by atoms with van der Waals surface area (Å²) in [6.45, 7) is 0.354. The van der Waals surface area contributed by atoms with E-state index in [-0.39, 0.29) is 31.0 Å². The number of aryl methyl sites for hydroxylation is 2. The van der Waals surface area contributed by atoms with Gasteiger partial charge in [-0.25, -0.2) is 4.79 Å². The van der Waals surface area contributed by atoms with Crippen LogP contribution in [-0.2, 0) is 25.0 Å². The third kappa shape index (κ3) is 4.56. The third-order valence-electron chi connectivity index (χ3n) is 4.94. The molecule has 0 unspecified atom stereocenters. The van der Waals surface area contributed by atoms with Gasteiger partial charge in [-0.15, -0.1) is 0 Å². The Morgan fingerprint density at radius 1 is 0.938 bits per heavy atom. The number of imidazole rings is 1. The second-order valence-electron chi connectivity index (χ2n) is 7.10. The van der Waals surface area contributed by atoms with E-state index in [4.69, 9.17) is 9.15 Å². The number of aromatic nitrogens is 2. The van der Waals surface area contributed by atoms with E-state index < -0.39 is 11.8 Å². The van der Waals surface area contributed by atoms with Gasteiger partial charge in [-0.2, -0.15) is 0 Å². The van der Waals surface area contributed by atoms with Crippen LogP contribution in [0, 0.1) is 0 Å². The van der Waals surface area contributed by atoms with Crippen LogP contribution < -0.4 is 21.3 Å². The zero-order chi connectivity index (χ0) is 22.5. The first kappa shape index (κ1) is 21.0. The Morgan fingerprint density at radius 3 is 2.44 bits per heavy atom. The van der Waals surface area contributed by atoms with E-state index >= 15 is 0 Å². The van der Waals surface area contributed by atoms with Gasteiger partial charge in [-0.1, -0.05) is 30.3 Å². The van der Waals surface area contributed by atoms with Crippen molar-refractivity contribution >= 4 is 22.8 Å². The van der Waals surface area contributed by atoms with E-state index in [1.54, 1.807) is 13.1 Å². The van der Waals surface area contributed by atoms with Gasteiger partial charge in [0.05, 0.1) is 11.0 Å². The van der Waals surface area contributed by atoms with Gasteiger partial charge in [0.1, 0.15) is 18.1 Å². The number of carbonyl (C=O) groups excluding carboxylic acids is 2. The molecule has 0 aliphatic heterocycles. The minimum Gasteiger partial charge on any atom is -0.486 e. The molecule has 0 aliphatic carbocycles. The predicted molar refractivity (Wildman–Crippen MR) is 117 cm³/mol. The van der Waals surface area contributed by atoms with Crippen molar-refractivity contribution in [2.24, 2.45) is 7.05 Å². The van der Waals surface area contributed by atoms with Crippen molar-refractivity contribution in [3.05, 3.63) is 88.7 Å². The molecular formula is C23H22N4O5. The molecule has 0 spiro atoms. The summed E-state index contributed by atoms with van der Waals surface area (Å²) in [6.07, 6.45) is 0.0164. The lowest BCUT2D eigenvalue weighted by atomic mass is 10.3. The van der Waals surface area contributed by atoms with Crippen molar-refractivity contribution in [2.75, 3.05) is 0 Å². The quantitative estimate of drug-likeness (QED) is 0.434. The summed E-state index contributed by atoms with van der Waals surface area (Å²) in [4.78, 5) is 36.8. The molecule has 2 heterocycles. The van der Waals surface area contributed by atoms with Gasteiger partial charge in [0.25, 0.3) is 0 Å². The summed E-state index contributed by atoms with van der Waals surface area (Å²) in [7, 11) is 1.68. The number of rotatable bonds is 7. The number of hydrazine groups is 1. The number of furan rings is 1. The monoisotopic (exact) mass is 434 g/mol. The molecule has 0 radical (unpaired) electrons. The summed E-state index contributed by atoms with van der Waals surface area (Å²) < 4.78 is 14.1. The van der Waals surface area contributed by atoms with E-state index in [0.29, 0.717) is 11.5 Å². The molecule has 2 aromatic heterocycles. The fraction of sp³-hybridized carbons (Fsp3) is 0.174. The molecule has 2 amide bonds. The van der Waals surface area contributed by atoms with Crippen molar-refractivity contribution in [2.45, 2.75) is 19.6 Å². The predicted octanol–water partition coefficient (Wildman–Crippen LogP) is 2.36. The zero-order valence-corrected chi connectivity index (χ0v) is 17.4. The molecule has 164 valence electrons. The first-order chi connectivity index (χ1) is 15.5. The van der Waals surface area contributed by atoms with Crippen molar-refractivity contribution in [1.82, 2.24) is 20.0 Å². The Labute approximate surface area is 183 Å². The number of nitrogens with zero attached hydrogens (tertiary/aromatic N) is 2. The average Bonchev–Trinajstić information content (AvgIpc) is 3.39. The van der Waals surface area contributed by atoms with Gasteiger partial charge in [-0.05, 0) is 36.4 Å². The molecule has 4 aromatic rings. The van der Waals surface area contributed by atoms with E-state index in [1.165, 1.54) is 15.2 Å². The van der Waals surface area contributed by atoms with Crippen LogP contribution in [0.2, 0.25) is 0 Å². The highest BCUT2D eigenvalue weighted by atomic mass is 16.5. The Balaban J connectivity index is 1.27. The summed E-state index contributed by atoms with van der Waals surface area (Å²) >= 11 is 0. The lowest BCUT2D eigenvalue weighted by molar-refractivity contribution is -0.122. The molecule has 0 bridgehead atoms. The highest BCUT2D eigenvalue weighted by Crippen LogP contribution is 2.14. The first-order valence-corrected chi connectivity index (χ1v) is 10.0. The zero-order valence-electron chi connectivity index (χ0n) is 17.4. The van der Waals surface area contributed by atoms with Crippen molar-refractivity contribution in [1.29, 1.82) is 0 Å². The minimum atomic E-state index is -0.591. The maximum Gasteiger partial charge on any atom is 0.328 e. The molecule has 0 aliphatic rings. The average molecular weight is 434 g/mol. The van der Waals surface area contributed by atoms with Crippen molar-refractivity contribution in [3.8, 4) is 5.75 Å². The number of benzene rings is 2. The molecule has 0 atom stereocenters. The molecule has 9 nitrogen and oxygen atoms in total. The Bertz CT molecular complexity index is 1300. The van der Waals surface area contributed by atoms with Crippen LogP contribution in [0.15, 0.2) is 75.9 Å². The van der Waals surface area contributed by atoms with Crippen LogP contribution >= 0.6 is 0 Å². The van der Waals surface area contributed by atoms with E-state index in [1.807, 2.05) is 54.6 Å². The highest BCUT2D eigenvalue weighted by Gasteiger charge is 2.14. The molecule has 0 fully saturated rings. The number of hydrogen-bond acceptors (Lipinski definition) is 5. The summed E-state index contributed by atoms with van der Waals surface area (Å²) in [5.41, 5.74) is 5.99. The standard InChI is InChI=1S/C23H22N4O5/c1-26-18-9-5-6-10-19(18)27(23(26)30)14-13-21(28)24-25-22(29)20-12-11-17(32-20)15-31-16-7-3-2-4-8-16/h2-12H,13-15H2,1H3,(H,24,28)(H,25,29). The van der Waals surface area contributed by atoms with Gasteiger partial charge in [0, 0.05) is 20.0 Å². The lowest BCUT2D eigenvalue weighted by Gasteiger charge is -2.07. The second kappa shape index (κ2) is 9.25. The number of fused-ring (bicyclic) bond motifs is 1. The smallest absolute Gasteiger partial charge is 0.328 e. The molecule has 9 heteroatoms. The molecule has 0 saturated carbocycles. The normalized spacial score (nSPS) is 10.8. The van der Waals surface area contributed by atoms with E-state index in [9.17, 15) is 14.4 Å². The number of amides is 2. The van der Waals surface area contributed by atoms with Crippen LogP contribution in [-0.4, -0.2) is 20.9 Å². The summed E-state index contributed by atoms with van der Waals surface area (Å²) in [6, 6.07) is 19.7. The van der Waals surface area contributed by atoms with E-state index in [0.717, 1.165) is 11.0 Å². The topological polar surface area (TPSA) is 108 Å². The Kier molecular flexibility index (Phi) is 6.07. The maximum atomic E-state index is 12.4. The van der Waals surface area contributed by atoms with E-state index in [2.05, 4.69) is 10.9 Å². The lowest BCUT2D eigenvalue weighted by Crippen LogP contribution is -2.42. The molecule has 0 saturated heterocycles. The first-order valence-electron chi connectivity index (χ1n) is 10.0. The summed E-state index contributed by atoms with van der Waals surface area (Å²) in [5.74, 6) is 0.180. The van der Waals surface area contributed by atoms with Crippen LogP contribution in [0.3, 0.4) is 0 Å². The van der Waals surface area contributed by atoms with Crippen LogP contribution in [0.1, 0.15) is 22.7 Å². The number of hydrogen-bond donors (Lipinski definition) is 2. The van der Waals surface area contributed by atoms with Crippen LogP contribution in [0.25, 0.3) is 11.0 Å². The number of ether oxygens (including phenoxy) is 1. The number of carbonyl (C=O) groups is 2. The maximum absolute atomic E-state index is 12.4. The Morgan fingerprint density at radius 2 is 1.66 bits per heavy atom.